The van der Waals surface area contributed by atoms with E-state index in [1.807, 2.05) is 49.4 Å². The van der Waals surface area contributed by atoms with Gasteiger partial charge in [-0.3, -0.25) is 4.79 Å². The summed E-state index contributed by atoms with van der Waals surface area (Å²) in [6.07, 6.45) is 1.80. The normalized spacial score (nSPS) is 11.3. The zero-order valence-corrected chi connectivity index (χ0v) is 17.7. The maximum absolute atomic E-state index is 13.0. The molecule has 0 saturated carbocycles. The van der Waals surface area contributed by atoms with Gasteiger partial charge in [-0.2, -0.15) is 5.10 Å². The molecule has 0 saturated heterocycles. The number of nitrogens with zero attached hydrogens (tertiary/aromatic N) is 2. The van der Waals surface area contributed by atoms with Crippen LogP contribution < -0.4 is 5.43 Å². The smallest absolute Gasteiger partial charge is 0.244 e. The molecule has 4 rings (SSSR count). The van der Waals surface area contributed by atoms with Crippen molar-refractivity contribution in [2.45, 2.75) is 19.9 Å². The third kappa shape index (κ3) is 4.67. The summed E-state index contributed by atoms with van der Waals surface area (Å²) < 4.78 is 15.2. The fourth-order valence-electron chi connectivity index (χ4n) is 3.62. The lowest BCUT2D eigenvalue weighted by atomic mass is 10.1. The molecule has 31 heavy (non-hydrogen) atoms. The molecule has 0 unspecified atom stereocenters. The topological polar surface area (TPSA) is 46.4 Å². The number of hydrogen-bond donors (Lipinski definition) is 1. The van der Waals surface area contributed by atoms with Crippen molar-refractivity contribution in [1.29, 1.82) is 0 Å². The van der Waals surface area contributed by atoms with Gasteiger partial charge in [-0.1, -0.05) is 60.1 Å². The number of hydrogen-bond acceptors (Lipinski definition) is 2. The lowest BCUT2D eigenvalue weighted by Gasteiger charge is -2.10. The Bertz CT molecular complexity index is 1260. The molecule has 0 aliphatic carbocycles. The molecule has 0 aliphatic heterocycles. The zero-order chi connectivity index (χ0) is 21.8. The van der Waals surface area contributed by atoms with Crippen molar-refractivity contribution in [3.63, 3.8) is 0 Å². The molecule has 0 bridgehead atoms. The predicted molar refractivity (Wildman–Crippen MR) is 123 cm³/mol. The Labute approximate surface area is 185 Å². The summed E-state index contributed by atoms with van der Waals surface area (Å²) in [5, 5.41) is 5.94. The van der Waals surface area contributed by atoms with Gasteiger partial charge >= 0.3 is 0 Å². The first-order chi connectivity index (χ1) is 15.0. The molecule has 4 nitrogen and oxygen atoms in total. The maximum Gasteiger partial charge on any atom is 0.244 e. The Balaban J connectivity index is 1.56. The van der Waals surface area contributed by atoms with Crippen molar-refractivity contribution >= 4 is 34.6 Å². The van der Waals surface area contributed by atoms with Crippen LogP contribution in [0.2, 0.25) is 5.02 Å². The van der Waals surface area contributed by atoms with Crippen LogP contribution in [0.3, 0.4) is 0 Å². The van der Waals surface area contributed by atoms with Crippen LogP contribution in [0.15, 0.2) is 77.9 Å². The molecule has 0 radical (unpaired) electrons. The molecular formula is C25H21ClFN3O. The Morgan fingerprint density at radius 2 is 1.77 bits per heavy atom. The molecule has 6 heteroatoms. The summed E-state index contributed by atoms with van der Waals surface area (Å²) in [6.45, 7) is 2.66. The number of amides is 1. The fraction of sp³-hybridized carbons (Fsp3) is 0.120. The Morgan fingerprint density at radius 1 is 1.06 bits per heavy atom. The van der Waals surface area contributed by atoms with E-state index in [4.69, 9.17) is 11.6 Å². The average Bonchev–Trinajstić information content (AvgIpc) is 3.03. The highest BCUT2D eigenvalue weighted by Gasteiger charge is 2.13. The summed E-state index contributed by atoms with van der Waals surface area (Å²) in [5.41, 5.74) is 7.35. The molecule has 156 valence electrons. The van der Waals surface area contributed by atoms with Gasteiger partial charge in [0.2, 0.25) is 5.91 Å². The highest BCUT2D eigenvalue weighted by atomic mass is 35.5. The Morgan fingerprint density at radius 3 is 2.55 bits per heavy atom. The lowest BCUT2D eigenvalue weighted by molar-refractivity contribution is -0.120. The monoisotopic (exact) mass is 433 g/mol. The standard InChI is InChI=1S/C25H21ClFN3O/c1-17-22(15-28-29-25(31)14-18-10-12-20(27)13-11-18)21-7-3-5-9-24(21)30(17)16-19-6-2-4-8-23(19)26/h2-13,15H,14,16H2,1H3,(H,29,31)/b28-15+. The molecule has 4 aromatic rings. The third-order valence-electron chi connectivity index (χ3n) is 5.23. The SMILES string of the molecule is Cc1c(/C=N/NC(=O)Cc2ccc(F)cc2)c2ccccc2n1Cc1ccccc1Cl. The van der Waals surface area contributed by atoms with Crippen molar-refractivity contribution < 1.29 is 9.18 Å². The van der Waals surface area contributed by atoms with Gasteiger partial charge in [0.15, 0.2) is 0 Å². The van der Waals surface area contributed by atoms with Crippen molar-refractivity contribution in [2.24, 2.45) is 5.10 Å². The van der Waals surface area contributed by atoms with Crippen LogP contribution >= 0.6 is 11.6 Å². The van der Waals surface area contributed by atoms with E-state index >= 15 is 0 Å². The van der Waals surface area contributed by atoms with Crippen LogP contribution in [0.4, 0.5) is 4.39 Å². The summed E-state index contributed by atoms with van der Waals surface area (Å²) in [5.74, 6) is -0.592. The van der Waals surface area contributed by atoms with E-state index in [2.05, 4.69) is 21.2 Å². The number of para-hydroxylation sites is 1. The van der Waals surface area contributed by atoms with Crippen molar-refractivity contribution in [2.75, 3.05) is 0 Å². The van der Waals surface area contributed by atoms with Crippen molar-refractivity contribution in [3.8, 4) is 0 Å². The summed E-state index contributed by atoms with van der Waals surface area (Å²) >= 11 is 6.37. The molecule has 0 fully saturated rings. The van der Waals surface area contributed by atoms with Crippen molar-refractivity contribution in [1.82, 2.24) is 9.99 Å². The minimum Gasteiger partial charge on any atom is -0.340 e. The lowest BCUT2D eigenvalue weighted by Crippen LogP contribution is -2.19. The molecule has 1 amide bonds. The van der Waals surface area contributed by atoms with E-state index in [9.17, 15) is 9.18 Å². The summed E-state index contributed by atoms with van der Waals surface area (Å²) in [4.78, 5) is 12.2. The van der Waals surface area contributed by atoms with Gasteiger partial charge in [0.05, 0.1) is 12.6 Å². The Hall–Kier alpha value is -3.44. The molecule has 1 N–H and O–H groups in total. The van der Waals surface area contributed by atoms with Crippen LogP contribution in [0.25, 0.3) is 10.9 Å². The van der Waals surface area contributed by atoms with E-state index in [1.165, 1.54) is 12.1 Å². The zero-order valence-electron chi connectivity index (χ0n) is 17.0. The largest absolute Gasteiger partial charge is 0.340 e. The second kappa shape index (κ2) is 9.14. The molecule has 0 atom stereocenters. The van der Waals surface area contributed by atoms with Gasteiger partial charge in [-0.05, 0) is 42.3 Å². The predicted octanol–water partition coefficient (Wildman–Crippen LogP) is 5.48. The minimum atomic E-state index is -0.328. The first-order valence-electron chi connectivity index (χ1n) is 9.90. The van der Waals surface area contributed by atoms with Gasteiger partial charge in [-0.25, -0.2) is 9.82 Å². The molecule has 3 aromatic carbocycles. The third-order valence-corrected chi connectivity index (χ3v) is 5.60. The highest BCUT2D eigenvalue weighted by Crippen LogP contribution is 2.27. The van der Waals surface area contributed by atoms with Gasteiger partial charge in [0.1, 0.15) is 5.82 Å². The number of rotatable bonds is 6. The highest BCUT2D eigenvalue weighted by molar-refractivity contribution is 6.31. The van der Waals surface area contributed by atoms with Crippen LogP contribution in [0, 0.1) is 12.7 Å². The van der Waals surface area contributed by atoms with E-state index in [1.54, 1.807) is 18.3 Å². The number of carbonyl (C=O) groups is 1. The van der Waals surface area contributed by atoms with Crippen LogP contribution in [-0.2, 0) is 17.8 Å². The van der Waals surface area contributed by atoms with Gasteiger partial charge in [0, 0.05) is 33.7 Å². The van der Waals surface area contributed by atoms with E-state index in [0.717, 1.165) is 38.3 Å². The number of hydrazone groups is 1. The van der Waals surface area contributed by atoms with E-state index in [0.29, 0.717) is 6.54 Å². The second-order valence-electron chi connectivity index (χ2n) is 7.29. The number of halogens is 2. The molecule has 1 aromatic heterocycles. The van der Waals surface area contributed by atoms with Gasteiger partial charge in [0.25, 0.3) is 0 Å². The van der Waals surface area contributed by atoms with E-state index in [-0.39, 0.29) is 18.1 Å². The molecule has 0 aliphatic rings. The Kier molecular flexibility index (Phi) is 6.14. The molecule has 1 heterocycles. The number of carbonyl (C=O) groups excluding carboxylic acids is 1. The fourth-order valence-corrected chi connectivity index (χ4v) is 3.81. The van der Waals surface area contributed by atoms with Crippen molar-refractivity contribution in [3.05, 3.63) is 106 Å². The number of aromatic nitrogens is 1. The minimum absolute atomic E-state index is 0.130. The van der Waals surface area contributed by atoms with Gasteiger partial charge < -0.3 is 4.57 Å². The molecule has 0 spiro atoms. The quantitative estimate of drug-likeness (QED) is 0.317. The first-order valence-corrected chi connectivity index (χ1v) is 10.3. The second-order valence-corrected chi connectivity index (χ2v) is 7.70. The maximum atomic E-state index is 13.0. The summed E-state index contributed by atoms with van der Waals surface area (Å²) in [6, 6.07) is 21.7. The number of nitrogens with one attached hydrogen (secondary N) is 1. The van der Waals surface area contributed by atoms with Crippen LogP contribution in [0.5, 0.6) is 0 Å². The number of fused-ring (bicyclic) bond motifs is 1. The first kappa shape index (κ1) is 20.8. The van der Waals surface area contributed by atoms with Crippen LogP contribution in [-0.4, -0.2) is 16.7 Å². The van der Waals surface area contributed by atoms with E-state index < -0.39 is 0 Å². The summed E-state index contributed by atoms with van der Waals surface area (Å²) in [7, 11) is 0. The number of benzene rings is 3. The van der Waals surface area contributed by atoms with Gasteiger partial charge in [-0.15, -0.1) is 0 Å². The molecular weight excluding hydrogens is 413 g/mol. The average molecular weight is 434 g/mol. The van der Waals surface area contributed by atoms with Crippen LogP contribution in [0.1, 0.15) is 22.4 Å².